The molecule has 0 aromatic heterocycles. The molecule has 0 atom stereocenters. The molecule has 0 fully saturated rings. The molecule has 2 aromatic carbocycles. The van der Waals surface area contributed by atoms with E-state index < -0.39 is 0 Å². The topological polar surface area (TPSA) is 76.7 Å². The van der Waals surface area contributed by atoms with E-state index in [1.54, 1.807) is 37.4 Å². The zero-order chi connectivity index (χ0) is 21.2. The van der Waals surface area contributed by atoms with Crippen molar-refractivity contribution in [3.8, 4) is 5.75 Å². The smallest absolute Gasteiger partial charge is 0.252 e. The highest BCUT2D eigenvalue weighted by atomic mass is 35.5. The maximum Gasteiger partial charge on any atom is 0.252 e. The number of anilines is 1. The maximum atomic E-state index is 12.1. The van der Waals surface area contributed by atoms with Crippen molar-refractivity contribution in [2.24, 2.45) is 0 Å². The van der Waals surface area contributed by atoms with Gasteiger partial charge in [0.1, 0.15) is 5.75 Å². The Morgan fingerprint density at radius 3 is 2.48 bits per heavy atom. The Morgan fingerprint density at radius 2 is 1.79 bits per heavy atom. The van der Waals surface area contributed by atoms with Gasteiger partial charge in [0.15, 0.2) is 0 Å². The largest absolute Gasteiger partial charge is 0.492 e. The third-order valence-electron chi connectivity index (χ3n) is 3.79. The molecule has 0 saturated heterocycles. The van der Waals surface area contributed by atoms with Crippen molar-refractivity contribution < 1.29 is 19.1 Å². The Bertz CT molecular complexity index is 862. The highest BCUT2D eigenvalue weighted by Crippen LogP contribution is 2.27. The summed E-state index contributed by atoms with van der Waals surface area (Å²) < 4.78 is 10.4. The summed E-state index contributed by atoms with van der Waals surface area (Å²) >= 11 is 18.0. The number of ether oxygens (including phenoxy) is 2. The Hall–Kier alpha value is -1.99. The number of carbonyl (C=O) groups is 2. The fraction of sp³-hybridized carbons (Fsp3) is 0.300. The highest BCUT2D eigenvalue weighted by Gasteiger charge is 2.12. The van der Waals surface area contributed by atoms with Crippen molar-refractivity contribution in [3.05, 3.63) is 57.0 Å². The molecule has 156 valence electrons. The molecule has 0 unspecified atom stereocenters. The summed E-state index contributed by atoms with van der Waals surface area (Å²) in [6.07, 6.45) is 0.751. The van der Waals surface area contributed by atoms with Crippen LogP contribution in [0.2, 0.25) is 15.1 Å². The van der Waals surface area contributed by atoms with Gasteiger partial charge in [-0.2, -0.15) is 0 Å². The van der Waals surface area contributed by atoms with Gasteiger partial charge in [-0.15, -0.1) is 0 Å². The lowest BCUT2D eigenvalue weighted by molar-refractivity contribution is -0.116. The number of amides is 2. The van der Waals surface area contributed by atoms with E-state index in [0.717, 1.165) is 0 Å². The first kappa shape index (κ1) is 23.3. The van der Waals surface area contributed by atoms with E-state index in [1.807, 2.05) is 0 Å². The molecule has 0 aliphatic heterocycles. The summed E-state index contributed by atoms with van der Waals surface area (Å²) in [5.41, 5.74) is 0.837. The summed E-state index contributed by atoms with van der Waals surface area (Å²) in [4.78, 5) is 24.1. The number of hydrogen-bond acceptors (Lipinski definition) is 4. The second kappa shape index (κ2) is 11.9. The Kier molecular flexibility index (Phi) is 9.54. The van der Waals surface area contributed by atoms with Gasteiger partial charge in [-0.05, 0) is 42.8 Å². The molecule has 29 heavy (non-hydrogen) atoms. The number of benzene rings is 2. The predicted octanol–water partition coefficient (Wildman–Crippen LogP) is 4.82. The van der Waals surface area contributed by atoms with Crippen LogP contribution in [-0.4, -0.2) is 38.7 Å². The maximum absolute atomic E-state index is 12.1. The van der Waals surface area contributed by atoms with Gasteiger partial charge in [0.2, 0.25) is 5.91 Å². The van der Waals surface area contributed by atoms with E-state index in [2.05, 4.69) is 10.6 Å². The standard InChI is InChI=1S/C20H21Cl3N2O4/c1-28-10-8-24-20(27)15-6-5-14(12-16(15)22)25-19(26)3-2-9-29-18-7-4-13(21)11-17(18)23/h4-7,11-12H,2-3,8-10H2,1H3,(H,24,27)(H,25,26). The fourth-order valence-corrected chi connectivity index (χ4v) is 3.10. The molecule has 0 heterocycles. The van der Waals surface area contributed by atoms with Crippen molar-refractivity contribution in [1.82, 2.24) is 5.32 Å². The van der Waals surface area contributed by atoms with Crippen LogP contribution in [0, 0.1) is 0 Å². The van der Waals surface area contributed by atoms with E-state index >= 15 is 0 Å². The molecular weight excluding hydrogens is 439 g/mol. The molecule has 9 heteroatoms. The molecule has 0 radical (unpaired) electrons. The molecule has 6 nitrogen and oxygen atoms in total. The van der Waals surface area contributed by atoms with Crippen LogP contribution >= 0.6 is 34.8 Å². The molecule has 0 bridgehead atoms. The molecule has 2 aromatic rings. The fourth-order valence-electron chi connectivity index (χ4n) is 2.37. The first-order valence-corrected chi connectivity index (χ1v) is 9.98. The third kappa shape index (κ3) is 7.74. The summed E-state index contributed by atoms with van der Waals surface area (Å²) in [6.45, 7) is 1.12. The van der Waals surface area contributed by atoms with Gasteiger partial charge >= 0.3 is 0 Å². The van der Waals surface area contributed by atoms with Crippen LogP contribution in [0.1, 0.15) is 23.2 Å². The Morgan fingerprint density at radius 1 is 1.00 bits per heavy atom. The predicted molar refractivity (Wildman–Crippen MR) is 115 cm³/mol. The highest BCUT2D eigenvalue weighted by molar-refractivity contribution is 6.35. The minimum absolute atomic E-state index is 0.191. The zero-order valence-electron chi connectivity index (χ0n) is 15.8. The number of nitrogens with one attached hydrogen (secondary N) is 2. The first-order valence-electron chi connectivity index (χ1n) is 8.85. The lowest BCUT2D eigenvalue weighted by Gasteiger charge is -2.10. The van der Waals surface area contributed by atoms with Gasteiger partial charge in [-0.1, -0.05) is 34.8 Å². The molecular formula is C20H21Cl3N2O4. The number of rotatable bonds is 10. The van der Waals surface area contributed by atoms with Gasteiger partial charge in [0.05, 0.1) is 28.8 Å². The number of carbonyl (C=O) groups excluding carboxylic acids is 2. The SMILES string of the molecule is COCCNC(=O)c1ccc(NC(=O)CCCOc2ccc(Cl)cc2Cl)cc1Cl. The van der Waals surface area contributed by atoms with Gasteiger partial charge in [0, 0.05) is 30.8 Å². The average molecular weight is 460 g/mol. The van der Waals surface area contributed by atoms with Crippen molar-refractivity contribution >= 4 is 52.3 Å². The molecule has 2 amide bonds. The quantitative estimate of drug-likeness (QED) is 0.499. The summed E-state index contributed by atoms with van der Waals surface area (Å²) in [6, 6.07) is 9.68. The van der Waals surface area contributed by atoms with Gasteiger partial charge in [-0.3, -0.25) is 9.59 Å². The third-order valence-corrected chi connectivity index (χ3v) is 4.63. The Labute approximate surface area is 184 Å². The number of methoxy groups -OCH3 is 1. The van der Waals surface area contributed by atoms with Crippen molar-refractivity contribution in [2.45, 2.75) is 12.8 Å². The van der Waals surface area contributed by atoms with Gasteiger partial charge in [0.25, 0.3) is 5.91 Å². The van der Waals surface area contributed by atoms with Crippen LogP contribution in [0.4, 0.5) is 5.69 Å². The minimum atomic E-state index is -0.303. The molecule has 0 aliphatic carbocycles. The second-order valence-corrected chi connectivity index (χ2v) is 7.27. The minimum Gasteiger partial charge on any atom is -0.492 e. The molecule has 2 N–H and O–H groups in total. The van der Waals surface area contributed by atoms with E-state index in [-0.39, 0.29) is 23.3 Å². The van der Waals surface area contributed by atoms with E-state index in [9.17, 15) is 9.59 Å². The van der Waals surface area contributed by atoms with E-state index in [0.29, 0.717) is 53.2 Å². The van der Waals surface area contributed by atoms with Crippen LogP contribution in [0.25, 0.3) is 0 Å². The second-order valence-electron chi connectivity index (χ2n) is 6.02. The van der Waals surface area contributed by atoms with Crippen molar-refractivity contribution in [1.29, 1.82) is 0 Å². The summed E-state index contributed by atoms with van der Waals surface area (Å²) in [5, 5.41) is 6.63. The van der Waals surface area contributed by atoms with Crippen molar-refractivity contribution in [2.75, 3.05) is 32.2 Å². The van der Waals surface area contributed by atoms with Gasteiger partial charge in [-0.25, -0.2) is 0 Å². The molecule has 2 rings (SSSR count). The lowest BCUT2D eigenvalue weighted by atomic mass is 10.2. The molecule has 0 aliphatic rings. The number of halogens is 3. The molecule has 0 saturated carbocycles. The summed E-state index contributed by atoms with van der Waals surface area (Å²) in [7, 11) is 1.55. The van der Waals surface area contributed by atoms with E-state index in [1.165, 1.54) is 6.07 Å². The average Bonchev–Trinajstić information content (AvgIpc) is 2.66. The van der Waals surface area contributed by atoms with Crippen LogP contribution in [0.5, 0.6) is 5.75 Å². The van der Waals surface area contributed by atoms with Crippen LogP contribution in [-0.2, 0) is 9.53 Å². The van der Waals surface area contributed by atoms with E-state index in [4.69, 9.17) is 44.3 Å². The van der Waals surface area contributed by atoms with Crippen LogP contribution < -0.4 is 15.4 Å². The molecule has 0 spiro atoms. The monoisotopic (exact) mass is 458 g/mol. The number of hydrogen-bond donors (Lipinski definition) is 2. The normalized spacial score (nSPS) is 10.5. The van der Waals surface area contributed by atoms with Gasteiger partial charge < -0.3 is 20.1 Å². The zero-order valence-corrected chi connectivity index (χ0v) is 18.0. The summed E-state index contributed by atoms with van der Waals surface area (Å²) in [5.74, 6) is 0.0229. The van der Waals surface area contributed by atoms with Crippen molar-refractivity contribution in [3.63, 3.8) is 0 Å². The van der Waals surface area contributed by atoms with Crippen LogP contribution in [0.15, 0.2) is 36.4 Å². The lowest BCUT2D eigenvalue weighted by Crippen LogP contribution is -2.27. The Balaban J connectivity index is 1.78. The first-order chi connectivity index (χ1) is 13.9. The van der Waals surface area contributed by atoms with Crippen LogP contribution in [0.3, 0.4) is 0 Å².